The third kappa shape index (κ3) is 2.99. The molecule has 112 valence electrons. The summed E-state index contributed by atoms with van der Waals surface area (Å²) in [5.74, 6) is 0.167. The van der Waals surface area contributed by atoms with Crippen LogP contribution in [0.1, 0.15) is 25.0 Å². The minimum absolute atomic E-state index is 0.167. The number of hydrogen-bond acceptors (Lipinski definition) is 4. The second-order valence-corrected chi connectivity index (χ2v) is 4.74. The standard InChI is InChI=1S/C15H20N4O2/c1-3-10-7-5-6-8-11(10)9-17-12-13(16)19(4-2)15(21)18-14(12)20/h5-8,17H,3-4,9,16H2,1-2H3,(H,18,20,21). The summed E-state index contributed by atoms with van der Waals surface area (Å²) < 4.78 is 1.33. The minimum Gasteiger partial charge on any atom is -0.383 e. The van der Waals surface area contributed by atoms with Crippen molar-refractivity contribution in [2.45, 2.75) is 33.4 Å². The van der Waals surface area contributed by atoms with E-state index in [0.717, 1.165) is 12.0 Å². The van der Waals surface area contributed by atoms with E-state index in [1.54, 1.807) is 6.92 Å². The largest absolute Gasteiger partial charge is 0.383 e. The fraction of sp³-hybridized carbons (Fsp3) is 0.333. The highest BCUT2D eigenvalue weighted by atomic mass is 16.2. The highest BCUT2D eigenvalue weighted by Crippen LogP contribution is 2.14. The van der Waals surface area contributed by atoms with Gasteiger partial charge in [-0.1, -0.05) is 31.2 Å². The molecular weight excluding hydrogens is 268 g/mol. The summed E-state index contributed by atoms with van der Waals surface area (Å²) in [5, 5.41) is 3.05. The predicted octanol–water partition coefficient (Wildman–Crippen LogP) is 1.31. The van der Waals surface area contributed by atoms with E-state index in [1.807, 2.05) is 18.2 Å². The van der Waals surface area contributed by atoms with E-state index in [-0.39, 0.29) is 11.5 Å². The monoisotopic (exact) mass is 288 g/mol. The molecule has 6 heteroatoms. The van der Waals surface area contributed by atoms with Crippen molar-refractivity contribution in [2.24, 2.45) is 0 Å². The van der Waals surface area contributed by atoms with E-state index in [4.69, 9.17) is 5.73 Å². The van der Waals surface area contributed by atoms with Crippen molar-refractivity contribution in [1.82, 2.24) is 9.55 Å². The molecule has 0 fully saturated rings. The molecule has 0 aliphatic heterocycles. The lowest BCUT2D eigenvalue weighted by atomic mass is 10.1. The van der Waals surface area contributed by atoms with Gasteiger partial charge in [-0.05, 0) is 24.5 Å². The zero-order chi connectivity index (χ0) is 15.4. The summed E-state index contributed by atoms with van der Waals surface area (Å²) in [6.07, 6.45) is 0.915. The number of hydrogen-bond donors (Lipinski definition) is 3. The summed E-state index contributed by atoms with van der Waals surface area (Å²) in [5.41, 5.74) is 7.49. The molecule has 1 aromatic carbocycles. The zero-order valence-corrected chi connectivity index (χ0v) is 12.3. The minimum atomic E-state index is -0.490. The normalized spacial score (nSPS) is 10.6. The lowest BCUT2D eigenvalue weighted by Crippen LogP contribution is -2.33. The number of benzene rings is 1. The van der Waals surface area contributed by atoms with Gasteiger partial charge in [-0.3, -0.25) is 14.3 Å². The average molecular weight is 288 g/mol. The molecule has 0 spiro atoms. The molecule has 0 bridgehead atoms. The number of anilines is 2. The molecule has 6 nitrogen and oxygen atoms in total. The molecule has 2 rings (SSSR count). The number of aromatic amines is 1. The molecule has 0 saturated carbocycles. The van der Waals surface area contributed by atoms with Gasteiger partial charge >= 0.3 is 5.69 Å². The first-order valence-corrected chi connectivity index (χ1v) is 7.01. The number of aromatic nitrogens is 2. The maximum Gasteiger partial charge on any atom is 0.330 e. The second-order valence-electron chi connectivity index (χ2n) is 4.74. The Morgan fingerprint density at radius 2 is 1.86 bits per heavy atom. The molecule has 0 saturated heterocycles. The van der Waals surface area contributed by atoms with E-state index in [0.29, 0.717) is 13.1 Å². The molecule has 0 amide bonds. The summed E-state index contributed by atoms with van der Waals surface area (Å²) in [7, 11) is 0. The summed E-state index contributed by atoms with van der Waals surface area (Å²) >= 11 is 0. The summed E-state index contributed by atoms with van der Waals surface area (Å²) in [6.45, 7) is 4.77. The Kier molecular flexibility index (Phi) is 4.47. The fourth-order valence-electron chi connectivity index (χ4n) is 2.33. The van der Waals surface area contributed by atoms with Gasteiger partial charge in [0.1, 0.15) is 11.5 Å². The number of nitrogens with one attached hydrogen (secondary N) is 2. The summed E-state index contributed by atoms with van der Waals surface area (Å²) in [4.78, 5) is 25.8. The predicted molar refractivity (Wildman–Crippen MR) is 84.6 cm³/mol. The Hall–Kier alpha value is -2.50. The van der Waals surface area contributed by atoms with Crippen molar-refractivity contribution in [1.29, 1.82) is 0 Å². The van der Waals surface area contributed by atoms with Crippen molar-refractivity contribution in [2.75, 3.05) is 11.1 Å². The van der Waals surface area contributed by atoms with Crippen molar-refractivity contribution in [3.8, 4) is 0 Å². The van der Waals surface area contributed by atoms with Gasteiger partial charge in [0.2, 0.25) is 0 Å². The maximum absolute atomic E-state index is 11.9. The van der Waals surface area contributed by atoms with Gasteiger partial charge < -0.3 is 11.1 Å². The van der Waals surface area contributed by atoms with Gasteiger partial charge in [0, 0.05) is 13.1 Å². The van der Waals surface area contributed by atoms with E-state index >= 15 is 0 Å². The topological polar surface area (TPSA) is 92.9 Å². The average Bonchev–Trinajstić information content (AvgIpc) is 2.47. The Morgan fingerprint density at radius 1 is 1.19 bits per heavy atom. The van der Waals surface area contributed by atoms with Crippen molar-refractivity contribution in [3.63, 3.8) is 0 Å². The van der Waals surface area contributed by atoms with E-state index in [2.05, 4.69) is 23.3 Å². The van der Waals surface area contributed by atoms with Gasteiger partial charge in [-0.2, -0.15) is 0 Å². The van der Waals surface area contributed by atoms with Crippen LogP contribution in [0.4, 0.5) is 11.5 Å². The molecule has 21 heavy (non-hydrogen) atoms. The van der Waals surface area contributed by atoms with Crippen LogP contribution in [0.3, 0.4) is 0 Å². The zero-order valence-electron chi connectivity index (χ0n) is 12.3. The molecule has 4 N–H and O–H groups in total. The molecule has 0 aliphatic rings. The van der Waals surface area contributed by atoms with Crippen LogP contribution < -0.4 is 22.3 Å². The first-order valence-electron chi connectivity index (χ1n) is 7.01. The highest BCUT2D eigenvalue weighted by molar-refractivity contribution is 5.60. The first kappa shape index (κ1) is 14.9. The third-order valence-electron chi connectivity index (χ3n) is 3.51. The summed E-state index contributed by atoms with van der Waals surface area (Å²) in [6, 6.07) is 8.00. The number of nitrogens with zero attached hydrogens (tertiary/aromatic N) is 1. The smallest absolute Gasteiger partial charge is 0.330 e. The Morgan fingerprint density at radius 3 is 2.48 bits per heavy atom. The van der Waals surface area contributed by atoms with Crippen LogP contribution in [0.2, 0.25) is 0 Å². The van der Waals surface area contributed by atoms with E-state index in [9.17, 15) is 9.59 Å². The molecule has 0 atom stereocenters. The number of aryl methyl sites for hydroxylation is 1. The molecular formula is C15H20N4O2. The fourth-order valence-corrected chi connectivity index (χ4v) is 2.33. The Labute approximate surface area is 122 Å². The molecule has 2 aromatic rings. The van der Waals surface area contributed by atoms with Crippen molar-refractivity contribution < 1.29 is 0 Å². The van der Waals surface area contributed by atoms with Crippen LogP contribution in [-0.2, 0) is 19.5 Å². The van der Waals surface area contributed by atoms with Crippen LogP contribution in [0.25, 0.3) is 0 Å². The van der Waals surface area contributed by atoms with Gasteiger partial charge in [0.15, 0.2) is 0 Å². The van der Waals surface area contributed by atoms with Crippen LogP contribution in [-0.4, -0.2) is 9.55 Å². The highest BCUT2D eigenvalue weighted by Gasteiger charge is 2.11. The second kappa shape index (κ2) is 6.30. The van der Waals surface area contributed by atoms with Gasteiger partial charge in [-0.25, -0.2) is 4.79 Å². The van der Waals surface area contributed by atoms with Crippen LogP contribution in [0.5, 0.6) is 0 Å². The molecule has 0 radical (unpaired) electrons. The van der Waals surface area contributed by atoms with E-state index < -0.39 is 11.2 Å². The van der Waals surface area contributed by atoms with Crippen LogP contribution >= 0.6 is 0 Å². The van der Waals surface area contributed by atoms with Gasteiger partial charge in [-0.15, -0.1) is 0 Å². The molecule has 0 unspecified atom stereocenters. The lowest BCUT2D eigenvalue weighted by Gasteiger charge is -2.14. The number of rotatable bonds is 5. The number of H-pyrrole nitrogens is 1. The Bertz CT molecular complexity index is 746. The van der Waals surface area contributed by atoms with Crippen LogP contribution in [0, 0.1) is 0 Å². The van der Waals surface area contributed by atoms with Crippen LogP contribution in [0.15, 0.2) is 33.9 Å². The molecule has 0 aliphatic carbocycles. The van der Waals surface area contributed by atoms with E-state index in [1.165, 1.54) is 10.1 Å². The first-order chi connectivity index (χ1) is 10.1. The molecule has 1 heterocycles. The SMILES string of the molecule is CCc1ccccc1CNc1c(N)n(CC)c(=O)[nH]c1=O. The number of nitrogen functional groups attached to an aromatic ring is 1. The lowest BCUT2D eigenvalue weighted by molar-refractivity contribution is 0.706. The van der Waals surface area contributed by atoms with Crippen molar-refractivity contribution >= 4 is 11.5 Å². The Balaban J connectivity index is 2.33. The quantitative estimate of drug-likeness (QED) is 0.773. The van der Waals surface area contributed by atoms with Crippen molar-refractivity contribution in [3.05, 3.63) is 56.2 Å². The third-order valence-corrected chi connectivity index (χ3v) is 3.51. The van der Waals surface area contributed by atoms with Gasteiger partial charge in [0.25, 0.3) is 5.56 Å². The molecule has 1 aromatic heterocycles. The maximum atomic E-state index is 11.9. The number of nitrogens with two attached hydrogens (primary N) is 1. The van der Waals surface area contributed by atoms with Gasteiger partial charge in [0.05, 0.1) is 0 Å².